The Kier molecular flexibility index (Phi) is 6.70. The highest BCUT2D eigenvalue weighted by atomic mass is 35.5. The number of nitrogens with one attached hydrogen (secondary N) is 1. The fourth-order valence-corrected chi connectivity index (χ4v) is 4.21. The third-order valence-electron chi connectivity index (χ3n) is 5.67. The van der Waals surface area contributed by atoms with Gasteiger partial charge < -0.3 is 25.0 Å². The molecule has 0 bridgehead atoms. The highest BCUT2D eigenvalue weighted by molar-refractivity contribution is 6.33. The lowest BCUT2D eigenvalue weighted by Gasteiger charge is -2.37. The normalized spacial score (nSPS) is 13.5. The number of anilines is 3. The lowest BCUT2D eigenvalue weighted by Crippen LogP contribution is -2.46. The fourth-order valence-electron chi connectivity index (χ4n) is 3.95. The summed E-state index contributed by atoms with van der Waals surface area (Å²) in [7, 11) is 1.48. The van der Waals surface area contributed by atoms with Crippen LogP contribution in [-0.2, 0) is 0 Å². The topological polar surface area (TPSA) is 82.1 Å². The van der Waals surface area contributed by atoms with Gasteiger partial charge in [0.1, 0.15) is 5.75 Å². The number of nitrogens with zero attached hydrogens (tertiary/aromatic N) is 2. The number of amides is 1. The highest BCUT2D eigenvalue weighted by Gasteiger charge is 2.22. The molecule has 0 saturated carbocycles. The quantitative estimate of drug-likeness (QED) is 0.552. The highest BCUT2D eigenvalue weighted by Crippen LogP contribution is 2.29. The first kappa shape index (κ1) is 22.5. The SMILES string of the molecule is COc1ccccc1C(=O)Nc1ccc(N2CCN(c3ccccc3Cl)CC2)cc1C(=O)O. The van der Waals surface area contributed by atoms with Crippen molar-refractivity contribution in [3.05, 3.63) is 82.9 Å². The van der Waals surface area contributed by atoms with Crippen LogP contribution in [0.2, 0.25) is 5.02 Å². The van der Waals surface area contributed by atoms with E-state index in [2.05, 4.69) is 15.1 Å². The van der Waals surface area contributed by atoms with Crippen LogP contribution in [0.4, 0.5) is 17.1 Å². The second kappa shape index (κ2) is 9.83. The van der Waals surface area contributed by atoms with Gasteiger partial charge in [0.25, 0.3) is 5.91 Å². The number of para-hydroxylation sites is 2. The maximum atomic E-state index is 12.7. The number of carboxylic acid groups (broad SMARTS) is 1. The zero-order valence-electron chi connectivity index (χ0n) is 18.1. The Morgan fingerprint density at radius 3 is 2.27 bits per heavy atom. The van der Waals surface area contributed by atoms with Gasteiger partial charge >= 0.3 is 5.97 Å². The number of piperazine rings is 1. The van der Waals surface area contributed by atoms with E-state index in [-0.39, 0.29) is 11.3 Å². The van der Waals surface area contributed by atoms with Gasteiger partial charge in [-0.05, 0) is 42.5 Å². The first-order valence-electron chi connectivity index (χ1n) is 10.5. The summed E-state index contributed by atoms with van der Waals surface area (Å²) < 4.78 is 5.23. The van der Waals surface area contributed by atoms with E-state index in [4.69, 9.17) is 16.3 Å². The summed E-state index contributed by atoms with van der Waals surface area (Å²) >= 11 is 6.33. The molecule has 1 saturated heterocycles. The molecule has 4 rings (SSSR count). The summed E-state index contributed by atoms with van der Waals surface area (Å²) in [5, 5.41) is 13.2. The first-order valence-corrected chi connectivity index (χ1v) is 10.9. The molecular formula is C25H24ClN3O4. The van der Waals surface area contributed by atoms with Crippen molar-refractivity contribution in [3.63, 3.8) is 0 Å². The Morgan fingerprint density at radius 2 is 1.58 bits per heavy atom. The van der Waals surface area contributed by atoms with Crippen LogP contribution in [0.25, 0.3) is 0 Å². The van der Waals surface area contributed by atoms with Crippen LogP contribution in [0.3, 0.4) is 0 Å². The molecule has 1 fully saturated rings. The lowest BCUT2D eigenvalue weighted by atomic mass is 10.1. The van der Waals surface area contributed by atoms with E-state index in [0.29, 0.717) is 16.3 Å². The molecule has 7 nitrogen and oxygen atoms in total. The summed E-state index contributed by atoms with van der Waals surface area (Å²) in [4.78, 5) is 29.0. The minimum atomic E-state index is -1.11. The summed E-state index contributed by atoms with van der Waals surface area (Å²) in [6.45, 7) is 2.96. The largest absolute Gasteiger partial charge is 0.496 e. The van der Waals surface area contributed by atoms with Gasteiger partial charge in [0.05, 0.1) is 34.6 Å². The molecule has 0 spiro atoms. The van der Waals surface area contributed by atoms with Crippen LogP contribution < -0.4 is 19.9 Å². The van der Waals surface area contributed by atoms with Crippen molar-refractivity contribution in [3.8, 4) is 5.75 Å². The summed E-state index contributed by atoms with van der Waals surface area (Å²) in [6.07, 6.45) is 0. The molecule has 3 aromatic carbocycles. The van der Waals surface area contributed by atoms with Crippen LogP contribution in [0.15, 0.2) is 66.7 Å². The van der Waals surface area contributed by atoms with Gasteiger partial charge in [-0.1, -0.05) is 35.9 Å². The molecular weight excluding hydrogens is 442 g/mol. The number of hydrogen-bond acceptors (Lipinski definition) is 5. The van der Waals surface area contributed by atoms with Gasteiger partial charge in [0.15, 0.2) is 0 Å². The predicted molar refractivity (Wildman–Crippen MR) is 130 cm³/mol. The van der Waals surface area contributed by atoms with Gasteiger partial charge in [-0.3, -0.25) is 4.79 Å². The summed E-state index contributed by atoms with van der Waals surface area (Å²) in [5.74, 6) is -1.13. The van der Waals surface area contributed by atoms with Gasteiger partial charge in [0.2, 0.25) is 0 Å². The van der Waals surface area contributed by atoms with E-state index >= 15 is 0 Å². The molecule has 1 heterocycles. The molecule has 0 aromatic heterocycles. The van der Waals surface area contributed by atoms with E-state index < -0.39 is 11.9 Å². The molecule has 170 valence electrons. The third-order valence-corrected chi connectivity index (χ3v) is 5.99. The second-order valence-corrected chi connectivity index (χ2v) is 8.02. The van der Waals surface area contributed by atoms with Crippen molar-refractivity contribution < 1.29 is 19.4 Å². The van der Waals surface area contributed by atoms with Crippen LogP contribution in [-0.4, -0.2) is 50.3 Å². The molecule has 33 heavy (non-hydrogen) atoms. The number of carbonyl (C=O) groups is 2. The Bertz CT molecular complexity index is 1180. The second-order valence-electron chi connectivity index (χ2n) is 7.61. The predicted octanol–water partition coefficient (Wildman–Crippen LogP) is 4.63. The number of carbonyl (C=O) groups excluding carboxylic acids is 1. The van der Waals surface area contributed by atoms with Crippen molar-refractivity contribution in [2.75, 3.05) is 48.4 Å². The molecule has 0 atom stereocenters. The maximum Gasteiger partial charge on any atom is 0.337 e. The van der Waals surface area contributed by atoms with Gasteiger partial charge in [-0.2, -0.15) is 0 Å². The number of rotatable bonds is 6. The van der Waals surface area contributed by atoms with Gasteiger partial charge in [0, 0.05) is 31.9 Å². The molecule has 3 aromatic rings. The first-order chi connectivity index (χ1) is 16.0. The molecule has 1 aliphatic heterocycles. The number of ether oxygens (including phenoxy) is 1. The van der Waals surface area contributed by atoms with E-state index in [0.717, 1.165) is 37.6 Å². The van der Waals surface area contributed by atoms with Crippen LogP contribution >= 0.6 is 11.6 Å². The minimum absolute atomic E-state index is 0.0317. The Morgan fingerprint density at radius 1 is 0.909 bits per heavy atom. The van der Waals surface area contributed by atoms with E-state index in [1.54, 1.807) is 36.4 Å². The summed E-state index contributed by atoms with van der Waals surface area (Å²) in [5.41, 5.74) is 2.39. The molecule has 0 unspecified atom stereocenters. The van der Waals surface area contributed by atoms with Gasteiger partial charge in [-0.25, -0.2) is 4.79 Å². The summed E-state index contributed by atoms with van der Waals surface area (Å²) in [6, 6.07) is 19.6. The van der Waals surface area contributed by atoms with Crippen LogP contribution in [0.5, 0.6) is 5.75 Å². The van der Waals surface area contributed by atoms with Crippen LogP contribution in [0.1, 0.15) is 20.7 Å². The monoisotopic (exact) mass is 465 g/mol. The fraction of sp³-hybridized carbons (Fsp3) is 0.200. The van der Waals surface area contributed by atoms with Crippen molar-refractivity contribution in [2.24, 2.45) is 0 Å². The number of aromatic carboxylic acids is 1. The molecule has 2 N–H and O–H groups in total. The Labute approximate surface area is 197 Å². The molecule has 1 aliphatic rings. The van der Waals surface area contributed by atoms with E-state index in [1.807, 2.05) is 30.3 Å². The van der Waals surface area contributed by atoms with Gasteiger partial charge in [-0.15, -0.1) is 0 Å². The maximum absolute atomic E-state index is 12.7. The molecule has 1 amide bonds. The van der Waals surface area contributed by atoms with E-state index in [9.17, 15) is 14.7 Å². The van der Waals surface area contributed by atoms with Crippen molar-refractivity contribution in [1.82, 2.24) is 0 Å². The Balaban J connectivity index is 1.50. The zero-order chi connectivity index (χ0) is 23.4. The Hall–Kier alpha value is -3.71. The number of hydrogen-bond donors (Lipinski definition) is 2. The molecule has 0 aliphatic carbocycles. The van der Waals surface area contributed by atoms with Crippen LogP contribution in [0, 0.1) is 0 Å². The average molecular weight is 466 g/mol. The number of benzene rings is 3. The number of methoxy groups -OCH3 is 1. The lowest BCUT2D eigenvalue weighted by molar-refractivity contribution is 0.0698. The van der Waals surface area contributed by atoms with Crippen molar-refractivity contribution >= 4 is 40.5 Å². The molecule has 8 heteroatoms. The molecule has 0 radical (unpaired) electrons. The zero-order valence-corrected chi connectivity index (χ0v) is 18.9. The minimum Gasteiger partial charge on any atom is -0.496 e. The van der Waals surface area contributed by atoms with Crippen molar-refractivity contribution in [2.45, 2.75) is 0 Å². The standard InChI is InChI=1S/C25H24ClN3O4/c1-33-23-9-5-2-6-18(23)24(30)27-21-11-10-17(16-19(21)25(31)32)28-12-14-29(15-13-28)22-8-4-3-7-20(22)26/h2-11,16H,12-15H2,1H3,(H,27,30)(H,31,32). The number of halogens is 1. The van der Waals surface area contributed by atoms with Crippen molar-refractivity contribution in [1.29, 1.82) is 0 Å². The van der Waals surface area contributed by atoms with E-state index in [1.165, 1.54) is 7.11 Å². The smallest absolute Gasteiger partial charge is 0.337 e. The third kappa shape index (κ3) is 4.88. The number of carboxylic acids is 1. The average Bonchev–Trinajstić information content (AvgIpc) is 2.84.